The number of fused-ring (bicyclic) bond motifs is 2. The lowest BCUT2D eigenvalue weighted by Crippen LogP contribution is -2.18. The molecule has 3 aliphatic carbocycles. The fraction of sp³-hybridized carbons (Fsp3) is 0.310. The fourth-order valence-electron chi connectivity index (χ4n) is 5.33. The Kier molecular flexibility index (Phi) is 4.93. The zero-order chi connectivity index (χ0) is 21.0. The first kappa shape index (κ1) is 20.1. The monoisotopic (exact) mass is 504 g/mol. The molecule has 0 aromatic heterocycles. The second-order valence-electron chi connectivity index (χ2n) is 9.54. The van der Waals surface area contributed by atoms with Crippen LogP contribution in [-0.2, 0) is 5.41 Å². The highest BCUT2D eigenvalue weighted by Gasteiger charge is 2.39. The van der Waals surface area contributed by atoms with Crippen LogP contribution in [0.5, 0.6) is 0 Å². The van der Waals surface area contributed by atoms with Gasteiger partial charge in [-0.25, -0.2) is 0 Å². The average Bonchev–Trinajstić information content (AvgIpc) is 2.96. The van der Waals surface area contributed by atoms with Gasteiger partial charge in [-0.2, -0.15) is 0 Å². The van der Waals surface area contributed by atoms with Crippen LogP contribution in [-0.4, -0.2) is 3.92 Å². The molecule has 1 unspecified atom stereocenters. The summed E-state index contributed by atoms with van der Waals surface area (Å²) in [6.45, 7) is 9.26. The standard InChI is InChI=1S/C29H29I/c1-18-9-10-22(15-19(18)2)20-11-13-21(14-12-20)24-16-27-25(17-28(24)30)23-7-5-6-8-26(23)29(27,3)4/h5-8,11-16,28H,9-10,17H2,1-4H3. The van der Waals surface area contributed by atoms with Crippen molar-refractivity contribution in [3.8, 4) is 0 Å². The van der Waals surface area contributed by atoms with Gasteiger partial charge >= 0.3 is 0 Å². The molecule has 1 atom stereocenters. The maximum Gasteiger partial charge on any atom is 0.0406 e. The molecular formula is C29H29I. The summed E-state index contributed by atoms with van der Waals surface area (Å²) in [5, 5.41) is 0. The summed E-state index contributed by atoms with van der Waals surface area (Å²) in [6.07, 6.45) is 8.35. The second-order valence-corrected chi connectivity index (χ2v) is 11.0. The smallest absolute Gasteiger partial charge is 0.0406 e. The summed E-state index contributed by atoms with van der Waals surface area (Å²) < 4.78 is 0.510. The predicted octanol–water partition coefficient (Wildman–Crippen LogP) is 8.54. The normalized spacial score (nSPS) is 22.5. The third kappa shape index (κ3) is 3.17. The Morgan fingerprint density at radius 1 is 0.867 bits per heavy atom. The molecule has 0 fully saturated rings. The number of rotatable bonds is 2. The molecule has 0 aliphatic heterocycles. The van der Waals surface area contributed by atoms with Crippen molar-refractivity contribution in [1.29, 1.82) is 0 Å². The van der Waals surface area contributed by atoms with Crippen LogP contribution in [0.2, 0.25) is 0 Å². The molecule has 5 rings (SSSR count). The zero-order valence-electron chi connectivity index (χ0n) is 18.4. The van der Waals surface area contributed by atoms with E-state index in [-0.39, 0.29) is 5.41 Å². The molecule has 152 valence electrons. The van der Waals surface area contributed by atoms with Crippen molar-refractivity contribution < 1.29 is 0 Å². The molecular weight excluding hydrogens is 475 g/mol. The Morgan fingerprint density at radius 2 is 1.57 bits per heavy atom. The van der Waals surface area contributed by atoms with E-state index in [1.165, 1.54) is 56.5 Å². The molecule has 0 heterocycles. The van der Waals surface area contributed by atoms with Gasteiger partial charge in [-0.1, -0.05) is 108 Å². The fourth-order valence-corrected chi connectivity index (χ4v) is 6.31. The van der Waals surface area contributed by atoms with E-state index in [4.69, 9.17) is 0 Å². The highest BCUT2D eigenvalue weighted by Crippen LogP contribution is 2.53. The van der Waals surface area contributed by atoms with Gasteiger partial charge in [0.25, 0.3) is 0 Å². The van der Waals surface area contributed by atoms with E-state index in [0.717, 1.165) is 12.8 Å². The maximum absolute atomic E-state index is 2.65. The first-order valence-electron chi connectivity index (χ1n) is 11.0. The molecule has 0 N–H and O–H groups in total. The number of allylic oxidation sites excluding steroid dienone is 8. The molecule has 30 heavy (non-hydrogen) atoms. The lowest BCUT2D eigenvalue weighted by Gasteiger charge is -2.28. The van der Waals surface area contributed by atoms with E-state index in [1.807, 2.05) is 0 Å². The Hall–Kier alpha value is -1.87. The van der Waals surface area contributed by atoms with Gasteiger partial charge in [-0.05, 0) is 77.7 Å². The van der Waals surface area contributed by atoms with Crippen molar-refractivity contribution in [3.63, 3.8) is 0 Å². The lowest BCUT2D eigenvalue weighted by atomic mass is 9.78. The van der Waals surface area contributed by atoms with Gasteiger partial charge in [0.15, 0.2) is 0 Å². The van der Waals surface area contributed by atoms with Gasteiger partial charge in [-0.3, -0.25) is 0 Å². The predicted molar refractivity (Wildman–Crippen MR) is 139 cm³/mol. The number of hydrogen-bond acceptors (Lipinski definition) is 0. The van der Waals surface area contributed by atoms with E-state index in [9.17, 15) is 0 Å². The lowest BCUT2D eigenvalue weighted by molar-refractivity contribution is 0.652. The van der Waals surface area contributed by atoms with Crippen molar-refractivity contribution >= 4 is 39.3 Å². The van der Waals surface area contributed by atoms with Gasteiger partial charge in [0, 0.05) is 9.34 Å². The van der Waals surface area contributed by atoms with Gasteiger partial charge in [-0.15, -0.1) is 0 Å². The number of benzene rings is 2. The first-order chi connectivity index (χ1) is 14.4. The SMILES string of the molecule is CC1=C(C)CCC(c2ccc(C3=CC4=C(CC3I)c3ccccc3C4(C)C)cc2)=C1. The van der Waals surface area contributed by atoms with Crippen LogP contribution in [0.15, 0.2) is 77.4 Å². The topological polar surface area (TPSA) is 0 Å². The highest BCUT2D eigenvalue weighted by molar-refractivity contribution is 14.1. The molecule has 2 aromatic rings. The summed E-state index contributed by atoms with van der Waals surface area (Å²) in [4.78, 5) is 0. The van der Waals surface area contributed by atoms with Crippen molar-refractivity contribution in [2.75, 3.05) is 0 Å². The molecule has 0 spiro atoms. The van der Waals surface area contributed by atoms with Crippen LogP contribution in [0.3, 0.4) is 0 Å². The Bertz CT molecular complexity index is 1150. The van der Waals surface area contributed by atoms with E-state index >= 15 is 0 Å². The molecule has 0 saturated heterocycles. The third-order valence-corrected chi connectivity index (χ3v) is 8.48. The first-order valence-corrected chi connectivity index (χ1v) is 12.3. The Labute approximate surface area is 194 Å². The summed E-state index contributed by atoms with van der Waals surface area (Å²) in [7, 11) is 0. The molecule has 1 heteroatoms. The van der Waals surface area contributed by atoms with Crippen LogP contribution in [0.25, 0.3) is 16.7 Å². The summed E-state index contributed by atoms with van der Waals surface area (Å²) in [5.74, 6) is 0. The molecule has 2 aromatic carbocycles. The van der Waals surface area contributed by atoms with Gasteiger partial charge in [0.05, 0.1) is 0 Å². The van der Waals surface area contributed by atoms with Crippen molar-refractivity contribution in [3.05, 3.63) is 99.7 Å². The molecule has 0 radical (unpaired) electrons. The zero-order valence-corrected chi connectivity index (χ0v) is 20.5. The molecule has 3 aliphatic rings. The van der Waals surface area contributed by atoms with Crippen LogP contribution in [0, 0.1) is 0 Å². The summed E-state index contributed by atoms with van der Waals surface area (Å²) >= 11 is 2.65. The average molecular weight is 504 g/mol. The van der Waals surface area contributed by atoms with Crippen molar-refractivity contribution in [2.45, 2.75) is 56.3 Å². The largest absolute Gasteiger partial charge is 0.0770 e. The second kappa shape index (κ2) is 7.37. The van der Waals surface area contributed by atoms with Gasteiger partial charge in [0.1, 0.15) is 0 Å². The minimum Gasteiger partial charge on any atom is -0.0770 e. The Balaban J connectivity index is 1.51. The third-order valence-electron chi connectivity index (χ3n) is 7.37. The van der Waals surface area contributed by atoms with E-state index < -0.39 is 0 Å². The quantitative estimate of drug-likeness (QED) is 0.284. The molecule has 0 bridgehead atoms. The van der Waals surface area contributed by atoms with E-state index in [1.54, 1.807) is 5.57 Å². The van der Waals surface area contributed by atoms with E-state index in [2.05, 4.69) is 111 Å². The summed E-state index contributed by atoms with van der Waals surface area (Å²) in [6, 6.07) is 18.3. The number of alkyl halides is 1. The van der Waals surface area contributed by atoms with Crippen molar-refractivity contribution in [2.24, 2.45) is 0 Å². The number of halogens is 1. The number of hydrogen-bond donors (Lipinski definition) is 0. The molecule has 0 amide bonds. The Morgan fingerprint density at radius 3 is 2.30 bits per heavy atom. The van der Waals surface area contributed by atoms with Crippen LogP contribution >= 0.6 is 22.6 Å². The van der Waals surface area contributed by atoms with Crippen LogP contribution < -0.4 is 0 Å². The van der Waals surface area contributed by atoms with Gasteiger partial charge < -0.3 is 0 Å². The maximum atomic E-state index is 2.65. The molecule has 0 saturated carbocycles. The van der Waals surface area contributed by atoms with E-state index in [0.29, 0.717) is 3.92 Å². The summed E-state index contributed by atoms with van der Waals surface area (Å²) in [5.41, 5.74) is 14.8. The van der Waals surface area contributed by atoms with Crippen LogP contribution in [0.4, 0.5) is 0 Å². The molecule has 0 nitrogen and oxygen atoms in total. The highest BCUT2D eigenvalue weighted by atomic mass is 127. The van der Waals surface area contributed by atoms with Crippen LogP contribution in [0.1, 0.15) is 69.2 Å². The van der Waals surface area contributed by atoms with Crippen molar-refractivity contribution in [1.82, 2.24) is 0 Å². The minimum atomic E-state index is 0.0858. The van der Waals surface area contributed by atoms with Gasteiger partial charge in [0.2, 0.25) is 0 Å². The minimum absolute atomic E-state index is 0.0858.